The molecule has 2 N–H and O–H groups in total. The molecule has 1 atom stereocenters. The predicted molar refractivity (Wildman–Crippen MR) is 102 cm³/mol. The van der Waals surface area contributed by atoms with E-state index in [1.807, 2.05) is 18.2 Å². The summed E-state index contributed by atoms with van der Waals surface area (Å²) in [6.45, 7) is 6.51. The van der Waals surface area contributed by atoms with Gasteiger partial charge >= 0.3 is 0 Å². The quantitative estimate of drug-likeness (QED) is 0.375. The zero-order valence-electron chi connectivity index (χ0n) is 16.0. The molecule has 0 bridgehead atoms. The van der Waals surface area contributed by atoms with E-state index in [1.54, 1.807) is 14.2 Å². The van der Waals surface area contributed by atoms with Crippen LogP contribution < -0.4 is 20.1 Å². The van der Waals surface area contributed by atoms with E-state index in [0.717, 1.165) is 63.0 Å². The first-order valence-corrected chi connectivity index (χ1v) is 9.19. The predicted octanol–water partition coefficient (Wildman–Crippen LogP) is 1.95. The van der Waals surface area contributed by atoms with E-state index < -0.39 is 0 Å². The van der Waals surface area contributed by atoms with E-state index in [0.29, 0.717) is 12.3 Å². The standard InChI is InChI=1S/C19H31N3O4/c1-4-20-19(21-9-5-10-26-16-8-11-25-14-16)22-13-15-6-7-17(23-2)18(12-15)24-3/h6-7,12,16H,4-5,8-11,13-14H2,1-3H3,(H2,20,21,22). The molecule has 26 heavy (non-hydrogen) atoms. The van der Waals surface area contributed by atoms with Crippen molar-refractivity contribution in [1.82, 2.24) is 10.6 Å². The minimum absolute atomic E-state index is 0.266. The number of aliphatic imine (C=N–C) groups is 1. The van der Waals surface area contributed by atoms with Crippen LogP contribution in [0.3, 0.4) is 0 Å². The Balaban J connectivity index is 1.78. The Morgan fingerprint density at radius 2 is 2.08 bits per heavy atom. The van der Waals surface area contributed by atoms with E-state index in [-0.39, 0.29) is 6.10 Å². The Labute approximate surface area is 156 Å². The topological polar surface area (TPSA) is 73.3 Å². The Kier molecular flexibility index (Phi) is 9.06. The number of nitrogens with zero attached hydrogens (tertiary/aromatic N) is 1. The summed E-state index contributed by atoms with van der Waals surface area (Å²) in [5, 5.41) is 6.60. The normalized spacial score (nSPS) is 17.2. The molecule has 0 radical (unpaired) electrons. The van der Waals surface area contributed by atoms with Gasteiger partial charge in [0.25, 0.3) is 0 Å². The van der Waals surface area contributed by atoms with Crippen LogP contribution in [0.4, 0.5) is 0 Å². The molecule has 7 nitrogen and oxygen atoms in total. The zero-order chi connectivity index (χ0) is 18.6. The van der Waals surface area contributed by atoms with Crippen LogP contribution in [0.15, 0.2) is 23.2 Å². The molecule has 2 rings (SSSR count). The maximum atomic E-state index is 5.77. The minimum Gasteiger partial charge on any atom is -0.493 e. The second kappa shape index (κ2) is 11.6. The molecule has 0 aromatic heterocycles. The number of methoxy groups -OCH3 is 2. The third kappa shape index (κ3) is 6.72. The van der Waals surface area contributed by atoms with E-state index in [4.69, 9.17) is 18.9 Å². The molecule has 0 spiro atoms. The van der Waals surface area contributed by atoms with Crippen molar-refractivity contribution >= 4 is 5.96 Å². The maximum Gasteiger partial charge on any atom is 0.191 e. The third-order valence-corrected chi connectivity index (χ3v) is 4.07. The fourth-order valence-corrected chi connectivity index (χ4v) is 2.66. The lowest BCUT2D eigenvalue weighted by atomic mass is 10.2. The number of ether oxygens (including phenoxy) is 4. The van der Waals surface area contributed by atoms with Gasteiger partial charge in [-0.15, -0.1) is 0 Å². The Morgan fingerprint density at radius 1 is 1.23 bits per heavy atom. The van der Waals surface area contributed by atoms with Gasteiger partial charge in [-0.25, -0.2) is 4.99 Å². The van der Waals surface area contributed by atoms with E-state index in [1.165, 1.54) is 0 Å². The molecule has 0 aliphatic carbocycles. The van der Waals surface area contributed by atoms with Crippen LogP contribution in [0.25, 0.3) is 0 Å². The number of hydrogen-bond donors (Lipinski definition) is 2. The fraction of sp³-hybridized carbons (Fsp3) is 0.632. The molecule has 0 amide bonds. The summed E-state index contributed by atoms with van der Waals surface area (Å²) in [4.78, 5) is 4.63. The molecule has 1 aromatic carbocycles. The molecule has 1 aliphatic heterocycles. The molecule has 1 aliphatic rings. The smallest absolute Gasteiger partial charge is 0.191 e. The monoisotopic (exact) mass is 365 g/mol. The lowest BCUT2D eigenvalue weighted by Gasteiger charge is -2.13. The number of nitrogens with one attached hydrogen (secondary N) is 2. The Hall–Kier alpha value is -1.99. The van der Waals surface area contributed by atoms with Gasteiger partial charge in [-0.2, -0.15) is 0 Å². The van der Waals surface area contributed by atoms with Gasteiger partial charge in [-0.3, -0.25) is 0 Å². The highest BCUT2D eigenvalue weighted by molar-refractivity contribution is 5.79. The van der Waals surface area contributed by atoms with E-state index in [2.05, 4.69) is 22.5 Å². The molecule has 0 saturated carbocycles. The van der Waals surface area contributed by atoms with Crippen molar-refractivity contribution in [3.8, 4) is 11.5 Å². The fourth-order valence-electron chi connectivity index (χ4n) is 2.66. The van der Waals surface area contributed by atoms with Crippen molar-refractivity contribution < 1.29 is 18.9 Å². The second-order valence-electron chi connectivity index (χ2n) is 6.02. The summed E-state index contributed by atoms with van der Waals surface area (Å²) >= 11 is 0. The second-order valence-corrected chi connectivity index (χ2v) is 6.02. The van der Waals surface area contributed by atoms with Gasteiger partial charge in [0.1, 0.15) is 0 Å². The van der Waals surface area contributed by atoms with Crippen molar-refractivity contribution in [1.29, 1.82) is 0 Å². The molecule has 1 saturated heterocycles. The summed E-state index contributed by atoms with van der Waals surface area (Å²) in [6, 6.07) is 5.84. The highest BCUT2D eigenvalue weighted by Crippen LogP contribution is 2.27. The summed E-state index contributed by atoms with van der Waals surface area (Å²) in [7, 11) is 3.27. The van der Waals surface area contributed by atoms with Gasteiger partial charge in [0.2, 0.25) is 0 Å². The summed E-state index contributed by atoms with van der Waals surface area (Å²) in [5.41, 5.74) is 1.06. The Bertz CT molecular complexity index is 560. The molecule has 1 aromatic rings. The molecule has 146 valence electrons. The molecule has 1 fully saturated rings. The zero-order valence-corrected chi connectivity index (χ0v) is 16.0. The van der Waals surface area contributed by atoms with Crippen molar-refractivity contribution in [3.63, 3.8) is 0 Å². The lowest BCUT2D eigenvalue weighted by molar-refractivity contribution is 0.0420. The number of guanidine groups is 1. The van der Waals surface area contributed by atoms with Crippen LogP contribution in [-0.4, -0.2) is 59.2 Å². The molecule has 7 heteroatoms. The van der Waals surface area contributed by atoms with E-state index >= 15 is 0 Å². The number of hydrogen-bond acceptors (Lipinski definition) is 5. The van der Waals surface area contributed by atoms with Gasteiger partial charge in [0.15, 0.2) is 17.5 Å². The van der Waals surface area contributed by atoms with Crippen molar-refractivity contribution in [2.75, 3.05) is 47.1 Å². The van der Waals surface area contributed by atoms with Gasteiger partial charge in [0, 0.05) is 26.3 Å². The third-order valence-electron chi connectivity index (χ3n) is 4.07. The van der Waals surface area contributed by atoms with Gasteiger partial charge < -0.3 is 29.6 Å². The van der Waals surface area contributed by atoms with Gasteiger partial charge in [0.05, 0.1) is 33.5 Å². The number of rotatable bonds is 10. The molecular formula is C19H31N3O4. The highest BCUT2D eigenvalue weighted by Gasteiger charge is 2.15. The van der Waals surface area contributed by atoms with Crippen molar-refractivity contribution in [2.24, 2.45) is 4.99 Å². The van der Waals surface area contributed by atoms with Crippen LogP contribution in [0, 0.1) is 0 Å². The van der Waals surface area contributed by atoms with Crippen molar-refractivity contribution in [3.05, 3.63) is 23.8 Å². The van der Waals surface area contributed by atoms with Crippen LogP contribution in [0.5, 0.6) is 11.5 Å². The summed E-state index contributed by atoms with van der Waals surface area (Å²) in [6.07, 6.45) is 2.20. The average molecular weight is 365 g/mol. The largest absolute Gasteiger partial charge is 0.493 e. The number of benzene rings is 1. The summed E-state index contributed by atoms with van der Waals surface area (Å²) < 4.78 is 21.7. The summed E-state index contributed by atoms with van der Waals surface area (Å²) in [5.74, 6) is 2.23. The minimum atomic E-state index is 0.266. The molecular weight excluding hydrogens is 334 g/mol. The van der Waals surface area contributed by atoms with E-state index in [9.17, 15) is 0 Å². The van der Waals surface area contributed by atoms with Crippen LogP contribution >= 0.6 is 0 Å². The first-order valence-electron chi connectivity index (χ1n) is 9.19. The lowest BCUT2D eigenvalue weighted by Crippen LogP contribution is -2.38. The first kappa shape index (κ1) is 20.3. The SMILES string of the molecule is CCNC(=NCc1ccc(OC)c(OC)c1)NCCCOC1CCOC1. The van der Waals surface area contributed by atoms with Crippen LogP contribution in [0.1, 0.15) is 25.3 Å². The van der Waals surface area contributed by atoms with Gasteiger partial charge in [-0.1, -0.05) is 6.07 Å². The molecule has 1 unspecified atom stereocenters. The van der Waals surface area contributed by atoms with Gasteiger partial charge in [-0.05, 0) is 37.5 Å². The average Bonchev–Trinajstić information content (AvgIpc) is 3.19. The highest BCUT2D eigenvalue weighted by atomic mass is 16.5. The molecule has 1 heterocycles. The Morgan fingerprint density at radius 3 is 2.77 bits per heavy atom. The first-order chi connectivity index (χ1) is 12.8. The van der Waals surface area contributed by atoms with Crippen LogP contribution in [0.2, 0.25) is 0 Å². The maximum absolute atomic E-state index is 5.77. The van der Waals surface area contributed by atoms with Crippen LogP contribution in [-0.2, 0) is 16.0 Å². The van der Waals surface area contributed by atoms with Crippen molar-refractivity contribution in [2.45, 2.75) is 32.4 Å².